The molecular weight excluding hydrogens is 360 g/mol. The van der Waals surface area contributed by atoms with Gasteiger partial charge in [0, 0.05) is 6.04 Å². The van der Waals surface area contributed by atoms with Crippen molar-refractivity contribution in [2.24, 2.45) is 0 Å². The number of hydrogen-bond acceptors (Lipinski definition) is 6. The van der Waals surface area contributed by atoms with E-state index in [1.54, 1.807) is 31.2 Å². The summed E-state index contributed by atoms with van der Waals surface area (Å²) in [6.45, 7) is 5.55. The van der Waals surface area contributed by atoms with Crippen LogP contribution < -0.4 is 10.1 Å². The van der Waals surface area contributed by atoms with Crippen LogP contribution in [-0.2, 0) is 16.1 Å². The third-order valence-electron chi connectivity index (χ3n) is 4.99. The first-order chi connectivity index (χ1) is 13.4. The molecule has 7 heteroatoms. The smallest absolute Gasteiger partial charge is 0.339 e. The van der Waals surface area contributed by atoms with E-state index in [0.29, 0.717) is 23.7 Å². The van der Waals surface area contributed by atoms with Gasteiger partial charge in [-0.1, -0.05) is 24.1 Å². The maximum absolute atomic E-state index is 12.4. The van der Waals surface area contributed by atoms with E-state index in [9.17, 15) is 9.59 Å². The van der Waals surface area contributed by atoms with Crippen LogP contribution in [0.5, 0.6) is 5.75 Å². The number of carbonyl (C=O) groups excluding carboxylic acids is 2. The van der Waals surface area contributed by atoms with E-state index in [1.165, 1.54) is 0 Å². The average molecular weight is 386 g/mol. The summed E-state index contributed by atoms with van der Waals surface area (Å²) < 4.78 is 16.2. The maximum atomic E-state index is 12.4. The normalized spacial score (nSPS) is 15.2. The highest BCUT2D eigenvalue weighted by molar-refractivity contribution is 5.92. The topological polar surface area (TPSA) is 90.7 Å². The molecule has 1 aliphatic carbocycles. The zero-order valence-corrected chi connectivity index (χ0v) is 16.5. The molecule has 2 aromatic rings. The van der Waals surface area contributed by atoms with Gasteiger partial charge in [-0.2, -0.15) is 0 Å². The number of benzene rings is 1. The lowest BCUT2D eigenvalue weighted by molar-refractivity contribution is -0.129. The molecule has 1 heterocycles. The van der Waals surface area contributed by atoms with Gasteiger partial charge in [0.1, 0.15) is 18.1 Å². The summed E-state index contributed by atoms with van der Waals surface area (Å²) in [4.78, 5) is 24.6. The SMILES string of the molecule is Cc1noc(C)c1COc1cccc(C(=O)O[C@@H](C)C(=O)NC2CCCC2)c1. The van der Waals surface area contributed by atoms with Crippen LogP contribution in [-0.4, -0.2) is 29.2 Å². The quantitative estimate of drug-likeness (QED) is 0.733. The van der Waals surface area contributed by atoms with Crippen molar-refractivity contribution in [1.29, 1.82) is 0 Å². The van der Waals surface area contributed by atoms with Gasteiger partial charge in [-0.25, -0.2) is 4.79 Å². The molecule has 0 saturated heterocycles. The molecule has 1 atom stereocenters. The van der Waals surface area contributed by atoms with Crippen molar-refractivity contribution < 1.29 is 23.6 Å². The number of aromatic nitrogens is 1. The van der Waals surface area contributed by atoms with Gasteiger partial charge in [-0.3, -0.25) is 4.79 Å². The molecule has 28 heavy (non-hydrogen) atoms. The second-order valence-electron chi connectivity index (χ2n) is 7.16. The van der Waals surface area contributed by atoms with E-state index in [2.05, 4.69) is 10.5 Å². The molecule has 1 amide bonds. The van der Waals surface area contributed by atoms with Gasteiger partial charge in [0.2, 0.25) is 0 Å². The fraction of sp³-hybridized carbons (Fsp3) is 0.476. The van der Waals surface area contributed by atoms with Crippen molar-refractivity contribution in [3.63, 3.8) is 0 Å². The Morgan fingerprint density at radius 2 is 2.04 bits per heavy atom. The van der Waals surface area contributed by atoms with Gasteiger partial charge in [0.05, 0.1) is 16.8 Å². The monoisotopic (exact) mass is 386 g/mol. The summed E-state index contributed by atoms with van der Waals surface area (Å²) in [7, 11) is 0. The number of rotatable bonds is 7. The van der Waals surface area contributed by atoms with Crippen LogP contribution in [0, 0.1) is 13.8 Å². The van der Waals surface area contributed by atoms with Gasteiger partial charge >= 0.3 is 5.97 Å². The molecule has 0 bridgehead atoms. The number of aryl methyl sites for hydroxylation is 2. The highest BCUT2D eigenvalue weighted by atomic mass is 16.5. The third kappa shape index (κ3) is 4.91. The summed E-state index contributed by atoms with van der Waals surface area (Å²) >= 11 is 0. The zero-order valence-electron chi connectivity index (χ0n) is 16.5. The van der Waals surface area contributed by atoms with Crippen LogP contribution in [0.3, 0.4) is 0 Å². The standard InChI is InChI=1S/C21H26N2O5/c1-13-19(14(2)28-23-13)12-26-18-10-6-7-16(11-18)21(25)27-15(3)20(24)22-17-8-4-5-9-17/h6-7,10-11,15,17H,4-5,8-9,12H2,1-3H3,(H,22,24)/t15-/m0/s1. The fourth-order valence-electron chi connectivity index (χ4n) is 3.25. The predicted octanol–water partition coefficient (Wildman–Crippen LogP) is 3.47. The molecule has 1 aliphatic rings. The second-order valence-corrected chi connectivity index (χ2v) is 7.16. The van der Waals surface area contributed by atoms with Crippen molar-refractivity contribution in [2.45, 2.75) is 65.2 Å². The Balaban J connectivity index is 1.56. The lowest BCUT2D eigenvalue weighted by Crippen LogP contribution is -2.40. The summed E-state index contributed by atoms with van der Waals surface area (Å²) in [6.07, 6.45) is 3.37. The number of esters is 1. The highest BCUT2D eigenvalue weighted by Crippen LogP contribution is 2.20. The highest BCUT2D eigenvalue weighted by Gasteiger charge is 2.23. The molecule has 1 saturated carbocycles. The Morgan fingerprint density at radius 3 is 2.71 bits per heavy atom. The lowest BCUT2D eigenvalue weighted by Gasteiger charge is -2.17. The third-order valence-corrected chi connectivity index (χ3v) is 4.99. The van der Waals surface area contributed by atoms with Gasteiger partial charge in [-0.05, 0) is 51.8 Å². The predicted molar refractivity (Wildman–Crippen MR) is 102 cm³/mol. The molecule has 0 spiro atoms. The lowest BCUT2D eigenvalue weighted by atomic mass is 10.2. The number of hydrogen-bond donors (Lipinski definition) is 1. The molecule has 0 radical (unpaired) electrons. The first-order valence-electron chi connectivity index (χ1n) is 9.60. The fourth-order valence-corrected chi connectivity index (χ4v) is 3.25. The van der Waals surface area contributed by atoms with Crippen LogP contribution in [0.25, 0.3) is 0 Å². The Hall–Kier alpha value is -2.83. The molecule has 1 aromatic carbocycles. The molecule has 0 aliphatic heterocycles. The molecule has 0 unspecified atom stereocenters. The zero-order chi connectivity index (χ0) is 20.1. The van der Waals surface area contributed by atoms with Crippen LogP contribution in [0.1, 0.15) is 60.0 Å². The summed E-state index contributed by atoms with van der Waals surface area (Å²) in [6, 6.07) is 6.89. The minimum Gasteiger partial charge on any atom is -0.489 e. The van der Waals surface area contributed by atoms with Gasteiger partial charge in [0.15, 0.2) is 6.10 Å². The Kier molecular flexibility index (Phi) is 6.34. The second kappa shape index (κ2) is 8.91. The average Bonchev–Trinajstić information content (AvgIpc) is 3.30. The van der Waals surface area contributed by atoms with Crippen LogP contribution in [0.15, 0.2) is 28.8 Å². The van der Waals surface area contributed by atoms with Crippen molar-refractivity contribution in [3.8, 4) is 5.75 Å². The minimum absolute atomic E-state index is 0.190. The maximum Gasteiger partial charge on any atom is 0.339 e. The molecular formula is C21H26N2O5. The number of amides is 1. The number of nitrogens with zero attached hydrogens (tertiary/aromatic N) is 1. The first kappa shape index (κ1) is 19.9. The van der Waals surface area contributed by atoms with E-state index in [0.717, 1.165) is 36.9 Å². The van der Waals surface area contributed by atoms with E-state index in [1.807, 2.05) is 13.8 Å². The van der Waals surface area contributed by atoms with E-state index < -0.39 is 12.1 Å². The Morgan fingerprint density at radius 1 is 1.29 bits per heavy atom. The van der Waals surface area contributed by atoms with E-state index >= 15 is 0 Å². The molecule has 150 valence electrons. The number of ether oxygens (including phenoxy) is 2. The number of nitrogens with one attached hydrogen (secondary N) is 1. The van der Waals surface area contributed by atoms with Crippen LogP contribution in [0.2, 0.25) is 0 Å². The van der Waals surface area contributed by atoms with Crippen molar-refractivity contribution in [1.82, 2.24) is 10.5 Å². The van der Waals surface area contributed by atoms with E-state index in [4.69, 9.17) is 14.0 Å². The summed E-state index contributed by atoms with van der Waals surface area (Å²) in [5.74, 6) is 0.413. The Labute approximate surface area is 164 Å². The molecule has 3 rings (SSSR count). The molecule has 1 N–H and O–H groups in total. The van der Waals surface area contributed by atoms with E-state index in [-0.39, 0.29) is 11.9 Å². The number of carbonyl (C=O) groups is 2. The summed E-state index contributed by atoms with van der Waals surface area (Å²) in [5, 5.41) is 6.83. The minimum atomic E-state index is -0.847. The molecule has 1 fully saturated rings. The van der Waals surface area contributed by atoms with Crippen molar-refractivity contribution >= 4 is 11.9 Å². The van der Waals surface area contributed by atoms with Crippen molar-refractivity contribution in [2.75, 3.05) is 0 Å². The van der Waals surface area contributed by atoms with Crippen LogP contribution >= 0.6 is 0 Å². The summed E-state index contributed by atoms with van der Waals surface area (Å²) in [5.41, 5.74) is 1.98. The first-order valence-corrected chi connectivity index (χ1v) is 9.60. The van der Waals surface area contributed by atoms with Gasteiger partial charge < -0.3 is 19.3 Å². The van der Waals surface area contributed by atoms with Crippen LogP contribution in [0.4, 0.5) is 0 Å². The van der Waals surface area contributed by atoms with Gasteiger partial charge in [-0.15, -0.1) is 0 Å². The van der Waals surface area contributed by atoms with Crippen molar-refractivity contribution in [3.05, 3.63) is 46.8 Å². The molecule has 1 aromatic heterocycles. The molecule has 7 nitrogen and oxygen atoms in total. The Bertz CT molecular complexity index is 820. The largest absolute Gasteiger partial charge is 0.489 e. The van der Waals surface area contributed by atoms with Gasteiger partial charge in [0.25, 0.3) is 5.91 Å².